The zero-order valence-corrected chi connectivity index (χ0v) is 12.0. The van der Waals surface area contributed by atoms with Crippen LogP contribution < -0.4 is 0 Å². The van der Waals surface area contributed by atoms with Gasteiger partial charge in [0, 0.05) is 10.7 Å². The number of carbonyl (C=O) groups excluding carboxylic acids is 1. The van der Waals surface area contributed by atoms with Gasteiger partial charge in [0.15, 0.2) is 0 Å². The summed E-state index contributed by atoms with van der Waals surface area (Å²) in [6, 6.07) is 4.77. The van der Waals surface area contributed by atoms with Crippen molar-refractivity contribution in [3.05, 3.63) is 27.3 Å². The van der Waals surface area contributed by atoms with Crippen LogP contribution in [0.15, 0.2) is 23.1 Å². The second-order valence-corrected chi connectivity index (χ2v) is 6.59. The summed E-state index contributed by atoms with van der Waals surface area (Å²) in [6.45, 7) is 0.235. The van der Waals surface area contributed by atoms with Gasteiger partial charge >= 0.3 is 0 Å². The number of halogens is 1. The Balaban J connectivity index is 2.49. The molecule has 0 saturated carbocycles. The number of nitrogens with zero attached hydrogens (tertiary/aromatic N) is 1. The van der Waals surface area contributed by atoms with Crippen LogP contribution in [0, 0.1) is 3.57 Å². The first-order valence-electron chi connectivity index (χ1n) is 4.84. The Hall–Kier alpha value is -0.670. The average molecular weight is 367 g/mol. The van der Waals surface area contributed by atoms with Crippen molar-refractivity contribution in [3.63, 3.8) is 0 Å². The van der Waals surface area contributed by atoms with Gasteiger partial charge in [-0.3, -0.25) is 4.79 Å². The quantitative estimate of drug-likeness (QED) is 0.751. The van der Waals surface area contributed by atoms with Gasteiger partial charge in [-0.25, -0.2) is 12.7 Å². The normalized spacial score (nSPS) is 17.3. The van der Waals surface area contributed by atoms with Gasteiger partial charge in [-0.1, -0.05) is 0 Å². The SMILES string of the molecule is COCCN1C(=O)c2ccc(I)cc2S1(=O)=O. The smallest absolute Gasteiger partial charge is 0.269 e. The van der Waals surface area contributed by atoms with Crippen LogP contribution in [0.5, 0.6) is 0 Å². The molecule has 0 spiro atoms. The van der Waals surface area contributed by atoms with E-state index in [1.807, 2.05) is 22.6 Å². The summed E-state index contributed by atoms with van der Waals surface area (Å²) in [7, 11) is -2.23. The number of methoxy groups -OCH3 is 1. The van der Waals surface area contributed by atoms with E-state index in [0.29, 0.717) is 0 Å². The summed E-state index contributed by atoms with van der Waals surface area (Å²) >= 11 is 2.01. The lowest BCUT2D eigenvalue weighted by atomic mass is 10.2. The summed E-state index contributed by atoms with van der Waals surface area (Å²) in [4.78, 5) is 12.0. The highest BCUT2D eigenvalue weighted by atomic mass is 127. The van der Waals surface area contributed by atoms with Crippen LogP contribution in [-0.2, 0) is 14.8 Å². The number of ether oxygens (including phenoxy) is 1. The minimum absolute atomic E-state index is 0.0446. The van der Waals surface area contributed by atoms with Gasteiger partial charge in [0.05, 0.1) is 18.7 Å². The van der Waals surface area contributed by atoms with Gasteiger partial charge in [-0.05, 0) is 40.8 Å². The molecule has 2 rings (SSSR count). The van der Waals surface area contributed by atoms with Crippen molar-refractivity contribution >= 4 is 38.5 Å². The third-order valence-corrected chi connectivity index (χ3v) is 4.96. The molecule has 17 heavy (non-hydrogen) atoms. The molecule has 1 aromatic rings. The van der Waals surface area contributed by atoms with Crippen LogP contribution >= 0.6 is 22.6 Å². The van der Waals surface area contributed by atoms with Gasteiger partial charge < -0.3 is 4.74 Å². The molecule has 1 amide bonds. The topological polar surface area (TPSA) is 63.7 Å². The maximum absolute atomic E-state index is 12.1. The fraction of sp³-hybridized carbons (Fsp3) is 0.300. The molecule has 0 bridgehead atoms. The van der Waals surface area contributed by atoms with Crippen LogP contribution in [0.1, 0.15) is 10.4 Å². The van der Waals surface area contributed by atoms with Crippen molar-refractivity contribution in [2.24, 2.45) is 0 Å². The van der Waals surface area contributed by atoms with E-state index in [-0.39, 0.29) is 23.6 Å². The number of hydrogen-bond acceptors (Lipinski definition) is 4. The highest BCUT2D eigenvalue weighted by molar-refractivity contribution is 14.1. The van der Waals surface area contributed by atoms with Crippen LogP contribution in [-0.4, -0.2) is 38.9 Å². The second-order valence-electron chi connectivity index (χ2n) is 3.52. The molecule has 0 aliphatic carbocycles. The Morgan fingerprint density at radius 1 is 1.41 bits per heavy atom. The van der Waals surface area contributed by atoms with Crippen LogP contribution in [0.25, 0.3) is 0 Å². The van der Waals surface area contributed by atoms with E-state index < -0.39 is 15.9 Å². The average Bonchev–Trinajstić information content (AvgIpc) is 2.45. The van der Waals surface area contributed by atoms with Crippen LogP contribution in [0.3, 0.4) is 0 Å². The molecule has 0 atom stereocenters. The third kappa shape index (κ3) is 2.06. The van der Waals surface area contributed by atoms with E-state index in [2.05, 4.69) is 0 Å². The molecule has 0 aromatic heterocycles. The fourth-order valence-corrected chi connectivity index (χ4v) is 3.93. The monoisotopic (exact) mass is 367 g/mol. The van der Waals surface area contributed by atoms with E-state index in [9.17, 15) is 13.2 Å². The fourth-order valence-electron chi connectivity index (χ4n) is 1.64. The van der Waals surface area contributed by atoms with Gasteiger partial charge in [0.1, 0.15) is 4.90 Å². The number of amides is 1. The number of sulfonamides is 1. The van der Waals surface area contributed by atoms with Crippen molar-refractivity contribution in [1.29, 1.82) is 0 Å². The highest BCUT2D eigenvalue weighted by Gasteiger charge is 2.40. The molecule has 0 saturated heterocycles. The molecule has 0 fully saturated rings. The zero-order valence-electron chi connectivity index (χ0n) is 9.01. The summed E-state index contributed by atoms with van der Waals surface area (Å²) in [5, 5.41) is 0. The molecule has 1 heterocycles. The lowest BCUT2D eigenvalue weighted by Gasteiger charge is -2.13. The number of hydrogen-bond donors (Lipinski definition) is 0. The van der Waals surface area contributed by atoms with Crippen molar-refractivity contribution in [2.75, 3.05) is 20.3 Å². The number of fused-ring (bicyclic) bond motifs is 1. The molecule has 1 aliphatic rings. The van der Waals surface area contributed by atoms with Gasteiger partial charge in [-0.15, -0.1) is 0 Å². The highest BCUT2D eigenvalue weighted by Crippen LogP contribution is 2.30. The first-order chi connectivity index (χ1) is 7.98. The first kappa shape index (κ1) is 12.8. The van der Waals surface area contributed by atoms with Gasteiger partial charge in [0.2, 0.25) is 0 Å². The Labute approximate surface area is 113 Å². The Morgan fingerprint density at radius 2 is 2.12 bits per heavy atom. The number of benzene rings is 1. The largest absolute Gasteiger partial charge is 0.383 e. The van der Waals surface area contributed by atoms with E-state index in [1.165, 1.54) is 13.2 Å². The summed E-state index contributed by atoms with van der Waals surface area (Å²) < 4.78 is 30.6. The van der Waals surface area contributed by atoms with E-state index >= 15 is 0 Å². The predicted molar refractivity (Wildman–Crippen MR) is 69.3 cm³/mol. The lowest BCUT2D eigenvalue weighted by Crippen LogP contribution is -2.32. The minimum Gasteiger partial charge on any atom is -0.383 e. The van der Waals surface area contributed by atoms with E-state index in [4.69, 9.17) is 4.74 Å². The number of rotatable bonds is 3. The van der Waals surface area contributed by atoms with Gasteiger partial charge in [-0.2, -0.15) is 0 Å². The Bertz CT molecular complexity index is 570. The number of carbonyl (C=O) groups is 1. The summed E-state index contributed by atoms with van der Waals surface area (Å²) in [5.41, 5.74) is 0.238. The molecule has 5 nitrogen and oxygen atoms in total. The van der Waals surface area contributed by atoms with Crippen molar-refractivity contribution in [2.45, 2.75) is 4.90 Å². The van der Waals surface area contributed by atoms with E-state index in [1.54, 1.807) is 12.1 Å². The van der Waals surface area contributed by atoms with Crippen molar-refractivity contribution in [3.8, 4) is 0 Å². The second kappa shape index (κ2) is 4.54. The lowest BCUT2D eigenvalue weighted by molar-refractivity contribution is 0.0837. The predicted octanol–water partition coefficient (Wildman–Crippen LogP) is 1.08. The molecule has 1 aliphatic heterocycles. The molecule has 92 valence electrons. The summed E-state index contributed by atoms with van der Waals surface area (Å²) in [6.07, 6.45) is 0. The Kier molecular flexibility index (Phi) is 3.41. The molecule has 0 radical (unpaired) electrons. The molecular weight excluding hydrogens is 357 g/mol. The van der Waals surface area contributed by atoms with Crippen molar-refractivity contribution < 1.29 is 17.9 Å². The van der Waals surface area contributed by atoms with Crippen molar-refractivity contribution in [1.82, 2.24) is 4.31 Å². The van der Waals surface area contributed by atoms with E-state index in [0.717, 1.165) is 7.88 Å². The third-order valence-electron chi connectivity index (χ3n) is 2.47. The maximum atomic E-state index is 12.1. The van der Waals surface area contributed by atoms with Crippen LogP contribution in [0.2, 0.25) is 0 Å². The molecule has 1 aromatic carbocycles. The minimum atomic E-state index is -3.69. The van der Waals surface area contributed by atoms with Crippen LogP contribution in [0.4, 0.5) is 0 Å². The molecular formula is C10H10INO4S. The molecule has 0 N–H and O–H groups in total. The van der Waals surface area contributed by atoms with Gasteiger partial charge in [0.25, 0.3) is 15.9 Å². The first-order valence-corrected chi connectivity index (χ1v) is 7.36. The zero-order chi connectivity index (χ0) is 12.6. The summed E-state index contributed by atoms with van der Waals surface area (Å²) in [5.74, 6) is -0.478. The standard InChI is InChI=1S/C10H10INO4S/c1-16-5-4-12-10(13)8-3-2-7(11)6-9(8)17(12,14)15/h2-3,6H,4-5H2,1H3. The molecule has 7 heteroatoms. The Morgan fingerprint density at radius 3 is 2.76 bits per heavy atom. The maximum Gasteiger partial charge on any atom is 0.269 e. The molecule has 0 unspecified atom stereocenters.